The van der Waals surface area contributed by atoms with Gasteiger partial charge in [0.1, 0.15) is 0 Å². The summed E-state index contributed by atoms with van der Waals surface area (Å²) >= 11 is 0. The summed E-state index contributed by atoms with van der Waals surface area (Å²) in [6.45, 7) is 7.58. The highest BCUT2D eigenvalue weighted by atomic mass is 32.2. The molecule has 1 heterocycles. The predicted molar refractivity (Wildman–Crippen MR) is 57.6 cm³/mol. The summed E-state index contributed by atoms with van der Waals surface area (Å²) in [6.07, 6.45) is 4.88. The molecular weight excluding hydrogens is 196 g/mol. The molecule has 78 valence electrons. The van der Waals surface area contributed by atoms with E-state index in [1.54, 1.807) is 0 Å². The highest BCUT2D eigenvalue weighted by molar-refractivity contribution is 7.91. The van der Waals surface area contributed by atoms with Crippen LogP contribution in [0.25, 0.3) is 0 Å². The first-order valence-electron chi connectivity index (χ1n) is 5.03. The van der Waals surface area contributed by atoms with Gasteiger partial charge in [-0.1, -0.05) is 12.2 Å². The molecule has 0 amide bonds. The average molecular weight is 212 g/mol. The van der Waals surface area contributed by atoms with Crippen molar-refractivity contribution in [2.45, 2.75) is 6.42 Å². The summed E-state index contributed by atoms with van der Waals surface area (Å²) in [5.74, 6) is 2.08. The Hall–Kier alpha value is -0.570. The Morgan fingerprint density at radius 3 is 1.79 bits per heavy atom. The number of hydrogen-bond donors (Lipinski definition) is 0. The topological polar surface area (TPSA) is 34.1 Å². The van der Waals surface area contributed by atoms with Crippen LogP contribution in [0.5, 0.6) is 0 Å². The summed E-state index contributed by atoms with van der Waals surface area (Å²) in [7, 11) is -2.79. The third-order valence-corrected chi connectivity index (χ3v) is 5.48. The molecule has 2 aliphatic rings. The molecule has 4 unspecified atom stereocenters. The van der Waals surface area contributed by atoms with Gasteiger partial charge in [0.2, 0.25) is 0 Å². The van der Waals surface area contributed by atoms with Crippen LogP contribution in [0, 0.1) is 23.7 Å². The Morgan fingerprint density at radius 1 is 1.00 bits per heavy atom. The van der Waals surface area contributed by atoms with E-state index < -0.39 is 9.84 Å². The summed E-state index contributed by atoms with van der Waals surface area (Å²) in [4.78, 5) is 0. The minimum Gasteiger partial charge on any atom is -0.229 e. The van der Waals surface area contributed by atoms with Crippen LogP contribution < -0.4 is 0 Å². The molecule has 2 nitrogen and oxygen atoms in total. The van der Waals surface area contributed by atoms with E-state index in [2.05, 4.69) is 13.2 Å². The Kier molecular flexibility index (Phi) is 2.30. The molecule has 4 atom stereocenters. The van der Waals surface area contributed by atoms with E-state index in [9.17, 15) is 8.42 Å². The average Bonchev–Trinajstić information content (AvgIpc) is 2.57. The first-order valence-corrected chi connectivity index (χ1v) is 6.85. The van der Waals surface area contributed by atoms with E-state index in [1.807, 2.05) is 12.2 Å². The van der Waals surface area contributed by atoms with Crippen LogP contribution in [0.1, 0.15) is 6.42 Å². The Bertz CT molecular complexity index is 327. The van der Waals surface area contributed by atoms with Crippen molar-refractivity contribution < 1.29 is 8.42 Å². The predicted octanol–water partition coefficient (Wildman–Crippen LogP) is 1.66. The number of sulfone groups is 1. The van der Waals surface area contributed by atoms with Gasteiger partial charge in [0, 0.05) is 0 Å². The lowest BCUT2D eigenvalue weighted by Crippen LogP contribution is -2.13. The van der Waals surface area contributed by atoms with E-state index in [0.717, 1.165) is 6.42 Å². The van der Waals surface area contributed by atoms with Crippen molar-refractivity contribution in [1.29, 1.82) is 0 Å². The van der Waals surface area contributed by atoms with Gasteiger partial charge in [-0.05, 0) is 30.1 Å². The molecule has 1 saturated carbocycles. The maximum atomic E-state index is 11.5. The SMILES string of the molecule is C=CC1CC(C=C)C2CS(=O)(=O)CC12. The lowest BCUT2D eigenvalue weighted by molar-refractivity contribution is 0.412. The lowest BCUT2D eigenvalue weighted by atomic mass is 9.90. The zero-order valence-electron chi connectivity index (χ0n) is 8.22. The molecule has 0 aromatic carbocycles. The molecule has 0 aromatic heterocycles. The number of fused-ring (bicyclic) bond motifs is 1. The second-order valence-corrected chi connectivity index (χ2v) is 6.59. The highest BCUT2D eigenvalue weighted by Gasteiger charge is 2.48. The third-order valence-electron chi connectivity index (χ3n) is 3.69. The molecule has 0 N–H and O–H groups in total. The Labute approximate surface area is 85.6 Å². The largest absolute Gasteiger partial charge is 0.229 e. The molecule has 0 bridgehead atoms. The van der Waals surface area contributed by atoms with Crippen LogP contribution in [0.3, 0.4) is 0 Å². The van der Waals surface area contributed by atoms with E-state index in [4.69, 9.17) is 0 Å². The van der Waals surface area contributed by atoms with Crippen LogP contribution >= 0.6 is 0 Å². The van der Waals surface area contributed by atoms with Crippen LogP contribution in [0.15, 0.2) is 25.3 Å². The second kappa shape index (κ2) is 3.23. The van der Waals surface area contributed by atoms with Crippen molar-refractivity contribution in [3.63, 3.8) is 0 Å². The molecule has 1 aliphatic carbocycles. The first-order chi connectivity index (χ1) is 6.57. The highest BCUT2D eigenvalue weighted by Crippen LogP contribution is 2.47. The number of hydrogen-bond acceptors (Lipinski definition) is 2. The Morgan fingerprint density at radius 2 is 1.43 bits per heavy atom. The number of rotatable bonds is 2. The quantitative estimate of drug-likeness (QED) is 0.652. The zero-order chi connectivity index (χ0) is 10.3. The van der Waals surface area contributed by atoms with E-state index in [0.29, 0.717) is 35.2 Å². The minimum atomic E-state index is -2.79. The second-order valence-electron chi connectivity index (χ2n) is 4.44. The fraction of sp³-hybridized carbons (Fsp3) is 0.636. The molecule has 2 rings (SSSR count). The molecule has 3 heteroatoms. The van der Waals surface area contributed by atoms with Gasteiger partial charge in [-0.25, -0.2) is 8.42 Å². The van der Waals surface area contributed by atoms with Gasteiger partial charge in [-0.2, -0.15) is 0 Å². The van der Waals surface area contributed by atoms with E-state index in [-0.39, 0.29) is 0 Å². The normalized spacial score (nSPS) is 44.6. The van der Waals surface area contributed by atoms with Gasteiger partial charge < -0.3 is 0 Å². The summed E-state index contributed by atoms with van der Waals surface area (Å²) in [5.41, 5.74) is 0. The lowest BCUT2D eigenvalue weighted by Gasteiger charge is -2.12. The molecule has 1 saturated heterocycles. The fourth-order valence-corrected chi connectivity index (χ4v) is 5.29. The third kappa shape index (κ3) is 1.44. The molecular formula is C11H16O2S. The Balaban J connectivity index is 2.29. The van der Waals surface area contributed by atoms with Crippen molar-refractivity contribution in [3.05, 3.63) is 25.3 Å². The van der Waals surface area contributed by atoms with Crippen molar-refractivity contribution in [2.24, 2.45) is 23.7 Å². The van der Waals surface area contributed by atoms with Crippen molar-refractivity contribution in [2.75, 3.05) is 11.5 Å². The molecule has 0 spiro atoms. The molecule has 1 aliphatic heterocycles. The van der Waals surface area contributed by atoms with Crippen LogP contribution in [0.2, 0.25) is 0 Å². The smallest absolute Gasteiger partial charge is 0.150 e. The number of allylic oxidation sites excluding steroid dienone is 2. The summed E-state index contributed by atoms with van der Waals surface area (Å²) in [6, 6.07) is 0. The van der Waals surface area contributed by atoms with Gasteiger partial charge in [0.25, 0.3) is 0 Å². The van der Waals surface area contributed by atoms with Crippen LogP contribution in [-0.4, -0.2) is 19.9 Å². The van der Waals surface area contributed by atoms with Crippen molar-refractivity contribution >= 4 is 9.84 Å². The summed E-state index contributed by atoms with van der Waals surface area (Å²) in [5, 5.41) is 0. The van der Waals surface area contributed by atoms with Crippen LogP contribution in [0.4, 0.5) is 0 Å². The van der Waals surface area contributed by atoms with Gasteiger partial charge in [-0.15, -0.1) is 13.2 Å². The van der Waals surface area contributed by atoms with Gasteiger partial charge in [0.05, 0.1) is 11.5 Å². The molecule has 0 aromatic rings. The van der Waals surface area contributed by atoms with Gasteiger partial charge in [0.15, 0.2) is 9.84 Å². The fourth-order valence-electron chi connectivity index (χ4n) is 2.99. The summed E-state index contributed by atoms with van der Waals surface area (Å²) < 4.78 is 23.0. The van der Waals surface area contributed by atoms with Crippen LogP contribution in [-0.2, 0) is 9.84 Å². The van der Waals surface area contributed by atoms with Crippen molar-refractivity contribution in [1.82, 2.24) is 0 Å². The van der Waals surface area contributed by atoms with Crippen molar-refractivity contribution in [3.8, 4) is 0 Å². The van der Waals surface area contributed by atoms with Gasteiger partial charge in [-0.3, -0.25) is 0 Å². The zero-order valence-corrected chi connectivity index (χ0v) is 9.04. The van der Waals surface area contributed by atoms with E-state index >= 15 is 0 Å². The van der Waals surface area contributed by atoms with E-state index in [1.165, 1.54) is 0 Å². The maximum absolute atomic E-state index is 11.5. The molecule has 0 radical (unpaired) electrons. The maximum Gasteiger partial charge on any atom is 0.150 e. The standard InChI is InChI=1S/C11H16O2S/c1-3-8-5-9(4-2)11-7-14(12,13)6-10(8)11/h3-4,8-11H,1-2,5-7H2. The molecule has 2 fully saturated rings. The first kappa shape index (κ1) is 9.97. The molecule has 14 heavy (non-hydrogen) atoms. The van der Waals surface area contributed by atoms with Gasteiger partial charge >= 0.3 is 0 Å². The minimum absolute atomic E-state index is 0.306. The monoisotopic (exact) mass is 212 g/mol.